The maximum absolute atomic E-state index is 2.38. The Morgan fingerprint density at radius 1 is 0.818 bits per heavy atom. The van der Waals surface area contributed by atoms with Gasteiger partial charge in [-0.15, -0.1) is 12.4 Å². The molecule has 0 aromatic rings. The van der Waals surface area contributed by atoms with E-state index in [0.29, 0.717) is 0 Å². The van der Waals surface area contributed by atoms with Crippen LogP contribution < -0.4 is 0 Å². The van der Waals surface area contributed by atoms with Crippen molar-refractivity contribution >= 4 is 12.4 Å². The van der Waals surface area contributed by atoms with Gasteiger partial charge in [-0.3, -0.25) is 0 Å². The van der Waals surface area contributed by atoms with Crippen molar-refractivity contribution in [2.45, 2.75) is 44.9 Å². The van der Waals surface area contributed by atoms with Crippen molar-refractivity contribution in [3.8, 4) is 0 Å². The van der Waals surface area contributed by atoms with Gasteiger partial charge in [0.15, 0.2) is 0 Å². The monoisotopic (exact) mass is 172 g/mol. The zero-order chi connectivity index (χ0) is 6.86. The summed E-state index contributed by atoms with van der Waals surface area (Å²) in [6.07, 6.45) is 15.0. The fourth-order valence-electron chi connectivity index (χ4n) is 2.46. The van der Waals surface area contributed by atoms with Gasteiger partial charge in [0.2, 0.25) is 0 Å². The molecule has 0 aliphatic heterocycles. The molecule has 2 aliphatic carbocycles. The molecule has 11 heavy (non-hydrogen) atoms. The molecular formula is C10H17Cl. The van der Waals surface area contributed by atoms with E-state index in [2.05, 4.69) is 12.2 Å². The van der Waals surface area contributed by atoms with Crippen molar-refractivity contribution in [1.82, 2.24) is 0 Å². The first-order valence-electron chi connectivity index (χ1n) is 4.56. The van der Waals surface area contributed by atoms with Gasteiger partial charge in [-0.05, 0) is 31.1 Å². The smallest absolute Gasteiger partial charge is 0.0228 e. The molecule has 0 amide bonds. The quantitative estimate of drug-likeness (QED) is 0.489. The van der Waals surface area contributed by atoms with Gasteiger partial charge >= 0.3 is 0 Å². The van der Waals surface area contributed by atoms with E-state index in [1.807, 2.05) is 0 Å². The topological polar surface area (TPSA) is 0 Å². The van der Waals surface area contributed by atoms with Gasteiger partial charge in [0.1, 0.15) is 0 Å². The first-order valence-corrected chi connectivity index (χ1v) is 4.56. The van der Waals surface area contributed by atoms with Gasteiger partial charge in [0, 0.05) is 0 Å². The summed E-state index contributed by atoms with van der Waals surface area (Å²) < 4.78 is 0. The average molecular weight is 173 g/mol. The molecule has 0 radical (unpaired) electrons. The van der Waals surface area contributed by atoms with E-state index in [-0.39, 0.29) is 12.4 Å². The minimum Gasteiger partial charge on any atom is -0.147 e. The summed E-state index contributed by atoms with van der Waals surface area (Å²) in [5.41, 5.74) is 0.762. The van der Waals surface area contributed by atoms with E-state index in [1.54, 1.807) is 0 Å². The van der Waals surface area contributed by atoms with Crippen LogP contribution in [0.3, 0.4) is 0 Å². The fourth-order valence-corrected chi connectivity index (χ4v) is 2.46. The lowest BCUT2D eigenvalue weighted by Crippen LogP contribution is -2.19. The summed E-state index contributed by atoms with van der Waals surface area (Å²) in [7, 11) is 0. The second kappa shape index (κ2) is 3.62. The summed E-state index contributed by atoms with van der Waals surface area (Å²) in [5, 5.41) is 0. The Bertz CT molecular complexity index is 133. The van der Waals surface area contributed by atoms with E-state index in [0.717, 1.165) is 5.41 Å². The highest BCUT2D eigenvalue weighted by Crippen LogP contribution is 2.45. The molecule has 2 rings (SSSR count). The summed E-state index contributed by atoms with van der Waals surface area (Å²) in [5.74, 6) is 0. The molecule has 0 bridgehead atoms. The van der Waals surface area contributed by atoms with Crippen molar-refractivity contribution in [2.75, 3.05) is 0 Å². The molecule has 1 fully saturated rings. The molecule has 0 nitrogen and oxygen atoms in total. The zero-order valence-corrected chi connectivity index (χ0v) is 7.83. The largest absolute Gasteiger partial charge is 0.147 e. The van der Waals surface area contributed by atoms with Crippen LogP contribution in [-0.2, 0) is 0 Å². The molecule has 0 N–H and O–H groups in total. The SMILES string of the molecule is C1=CCC2(C1)CCCCC2.Cl. The normalized spacial score (nSPS) is 26.9. The molecule has 0 unspecified atom stereocenters. The predicted octanol–water partition coefficient (Wildman–Crippen LogP) is 3.71. The first kappa shape index (κ1) is 9.12. The molecule has 64 valence electrons. The second-order valence-electron chi connectivity index (χ2n) is 3.94. The maximum Gasteiger partial charge on any atom is -0.0228 e. The fraction of sp³-hybridized carbons (Fsp3) is 0.800. The molecule has 0 heterocycles. The summed E-state index contributed by atoms with van der Waals surface area (Å²) in [4.78, 5) is 0. The number of hydrogen-bond donors (Lipinski definition) is 0. The van der Waals surface area contributed by atoms with Gasteiger partial charge in [-0.2, -0.15) is 0 Å². The molecule has 2 aliphatic rings. The lowest BCUT2D eigenvalue weighted by Gasteiger charge is -2.32. The van der Waals surface area contributed by atoms with Crippen molar-refractivity contribution in [2.24, 2.45) is 5.41 Å². The molecule has 0 aromatic carbocycles. The molecule has 1 saturated carbocycles. The highest BCUT2D eigenvalue weighted by molar-refractivity contribution is 5.85. The molecular weight excluding hydrogens is 156 g/mol. The summed E-state index contributed by atoms with van der Waals surface area (Å²) >= 11 is 0. The Morgan fingerprint density at radius 3 is 1.91 bits per heavy atom. The van der Waals surface area contributed by atoms with E-state index < -0.39 is 0 Å². The lowest BCUT2D eigenvalue weighted by molar-refractivity contribution is 0.206. The van der Waals surface area contributed by atoms with Crippen LogP contribution in [0.15, 0.2) is 12.2 Å². The lowest BCUT2D eigenvalue weighted by atomic mass is 9.72. The molecule has 0 atom stereocenters. The third-order valence-corrected chi connectivity index (χ3v) is 3.18. The van der Waals surface area contributed by atoms with Gasteiger partial charge in [0.25, 0.3) is 0 Å². The van der Waals surface area contributed by atoms with E-state index in [1.165, 1.54) is 44.9 Å². The van der Waals surface area contributed by atoms with Crippen molar-refractivity contribution in [3.05, 3.63) is 12.2 Å². The van der Waals surface area contributed by atoms with Gasteiger partial charge in [0.05, 0.1) is 0 Å². The van der Waals surface area contributed by atoms with Crippen LogP contribution in [0.25, 0.3) is 0 Å². The van der Waals surface area contributed by atoms with Crippen molar-refractivity contribution in [1.29, 1.82) is 0 Å². The summed E-state index contributed by atoms with van der Waals surface area (Å²) in [6, 6.07) is 0. The number of hydrogen-bond acceptors (Lipinski definition) is 0. The van der Waals surface area contributed by atoms with Gasteiger partial charge in [-0.1, -0.05) is 31.4 Å². The maximum atomic E-state index is 2.38. The summed E-state index contributed by atoms with van der Waals surface area (Å²) in [6.45, 7) is 0. The van der Waals surface area contributed by atoms with Crippen molar-refractivity contribution < 1.29 is 0 Å². The van der Waals surface area contributed by atoms with Crippen LogP contribution in [0.2, 0.25) is 0 Å². The molecule has 0 saturated heterocycles. The average Bonchev–Trinajstić information content (AvgIpc) is 2.39. The minimum atomic E-state index is 0. The van der Waals surface area contributed by atoms with Crippen LogP contribution in [0.1, 0.15) is 44.9 Å². The first-order chi connectivity index (χ1) is 4.91. The molecule has 1 spiro atoms. The van der Waals surface area contributed by atoms with E-state index >= 15 is 0 Å². The zero-order valence-electron chi connectivity index (χ0n) is 7.01. The third-order valence-electron chi connectivity index (χ3n) is 3.18. The highest BCUT2D eigenvalue weighted by Gasteiger charge is 2.31. The Hall–Kier alpha value is 0.0300. The standard InChI is InChI=1S/C10H16.ClH/c1-2-6-10(7-3-1)8-4-5-9-10;/h4-5H,1-3,6-9H2;1H. The van der Waals surface area contributed by atoms with Crippen LogP contribution in [0, 0.1) is 5.41 Å². The van der Waals surface area contributed by atoms with Gasteiger partial charge < -0.3 is 0 Å². The molecule has 1 heteroatoms. The predicted molar refractivity (Wildman–Crippen MR) is 51.1 cm³/mol. The number of rotatable bonds is 0. The van der Waals surface area contributed by atoms with Crippen LogP contribution in [0.5, 0.6) is 0 Å². The van der Waals surface area contributed by atoms with Crippen LogP contribution >= 0.6 is 12.4 Å². The van der Waals surface area contributed by atoms with E-state index in [4.69, 9.17) is 0 Å². The number of allylic oxidation sites excluding steroid dienone is 2. The highest BCUT2D eigenvalue weighted by atomic mass is 35.5. The Balaban J connectivity index is 0.000000605. The van der Waals surface area contributed by atoms with Gasteiger partial charge in [-0.25, -0.2) is 0 Å². The van der Waals surface area contributed by atoms with Crippen LogP contribution in [-0.4, -0.2) is 0 Å². The molecule has 0 aromatic heterocycles. The Kier molecular flexibility index (Phi) is 3.00. The third kappa shape index (κ3) is 1.79. The Labute approximate surface area is 75.5 Å². The second-order valence-corrected chi connectivity index (χ2v) is 3.94. The van der Waals surface area contributed by atoms with Crippen molar-refractivity contribution in [3.63, 3.8) is 0 Å². The van der Waals surface area contributed by atoms with Crippen LogP contribution in [0.4, 0.5) is 0 Å². The Morgan fingerprint density at radius 2 is 1.36 bits per heavy atom. The minimum absolute atomic E-state index is 0. The van der Waals surface area contributed by atoms with E-state index in [9.17, 15) is 0 Å². The number of halogens is 1.